The molecule has 118 valence electrons. The van der Waals surface area contributed by atoms with E-state index < -0.39 is 50.1 Å². The highest BCUT2D eigenvalue weighted by molar-refractivity contribution is 7.49. The number of aromatic nitrogens is 2. The third-order valence-corrected chi connectivity index (χ3v) is 3.63. The van der Waals surface area contributed by atoms with E-state index >= 15 is 0 Å². The summed E-state index contributed by atoms with van der Waals surface area (Å²) < 4.78 is 17.1. The van der Waals surface area contributed by atoms with Crippen LogP contribution in [0.4, 0.5) is 0 Å². The number of aliphatic hydroxyl groups excluding tert-OH is 2. The van der Waals surface area contributed by atoms with Crippen molar-refractivity contribution >= 4 is 7.75 Å². The summed E-state index contributed by atoms with van der Waals surface area (Å²) in [5.41, 5.74) is -1.54. The molecule has 0 unspecified atom stereocenters. The van der Waals surface area contributed by atoms with Crippen LogP contribution in [0.2, 0.25) is 0 Å². The topological polar surface area (TPSA) is 174 Å². The number of aromatic amines is 1. The van der Waals surface area contributed by atoms with Crippen molar-refractivity contribution in [2.24, 2.45) is 0 Å². The lowest BCUT2D eigenvalue weighted by Crippen LogP contribution is -2.45. The molecule has 11 nitrogen and oxygen atoms in total. The lowest BCUT2D eigenvalue weighted by molar-refractivity contribution is -0.0467. The van der Waals surface area contributed by atoms with Crippen molar-refractivity contribution in [1.29, 1.82) is 0 Å². The summed E-state index contributed by atoms with van der Waals surface area (Å²) in [7, 11) is -4.73. The molecule has 6 N–H and O–H groups in total. The maximum absolute atomic E-state index is 11.7. The number of rotatable bonds is 4. The predicted octanol–water partition coefficient (Wildman–Crippen LogP) is -3.16. The lowest BCUT2D eigenvalue weighted by atomic mass is 10.1. The fourth-order valence-electron chi connectivity index (χ4n) is 2.10. The van der Waals surface area contributed by atoms with Gasteiger partial charge in [0, 0.05) is 12.3 Å². The van der Waals surface area contributed by atoms with Crippen LogP contribution >= 0.6 is 7.75 Å². The van der Waals surface area contributed by atoms with Gasteiger partial charge in [0.2, 0.25) is 0 Å². The zero-order valence-electron chi connectivity index (χ0n) is 10.5. The second-order valence-electron chi connectivity index (χ2n) is 4.45. The summed E-state index contributed by atoms with van der Waals surface area (Å²) in [5, 5.41) is 20.8. The minimum atomic E-state index is -4.73. The van der Waals surface area contributed by atoms with Gasteiger partial charge >= 0.3 is 13.4 Å². The summed E-state index contributed by atoms with van der Waals surface area (Å²) >= 11 is 0. The molecule has 0 aromatic carbocycles. The highest BCUT2D eigenvalue weighted by Gasteiger charge is 2.46. The molecule has 0 spiro atoms. The SMILES string of the molecule is O=c1ccn([C@@H]2O[C@H](CO)[C@@H](O)[C@H]2NP(=O)(O)O)c(=O)[nH]1. The van der Waals surface area contributed by atoms with E-state index in [0.717, 1.165) is 16.8 Å². The molecule has 1 aromatic rings. The molecule has 0 aliphatic carbocycles. The third kappa shape index (κ3) is 3.47. The van der Waals surface area contributed by atoms with Crippen LogP contribution in [0.5, 0.6) is 0 Å². The number of hydrogen-bond donors (Lipinski definition) is 6. The Morgan fingerprint density at radius 1 is 1.43 bits per heavy atom. The summed E-state index contributed by atoms with van der Waals surface area (Å²) in [6.07, 6.45) is -2.86. The molecule has 1 aliphatic heterocycles. The van der Waals surface area contributed by atoms with Gasteiger partial charge in [-0.1, -0.05) is 0 Å². The van der Waals surface area contributed by atoms with Gasteiger partial charge in [-0.2, -0.15) is 0 Å². The Bertz CT molecular complexity index is 665. The average molecular weight is 323 g/mol. The lowest BCUT2D eigenvalue weighted by Gasteiger charge is -2.23. The molecule has 0 radical (unpaired) electrons. The predicted molar refractivity (Wildman–Crippen MR) is 67.3 cm³/mol. The molecule has 1 aliphatic rings. The Labute approximate surface area is 117 Å². The smallest absolute Gasteiger partial charge is 0.394 e. The Morgan fingerprint density at radius 2 is 2.10 bits per heavy atom. The maximum atomic E-state index is 11.7. The molecule has 4 atom stereocenters. The Hall–Kier alpha value is -1.33. The maximum Gasteiger partial charge on any atom is 0.400 e. The van der Waals surface area contributed by atoms with Gasteiger partial charge < -0.3 is 24.7 Å². The summed E-state index contributed by atoms with van der Waals surface area (Å²) in [4.78, 5) is 42.6. The van der Waals surface area contributed by atoms with E-state index in [1.165, 1.54) is 0 Å². The van der Waals surface area contributed by atoms with Crippen molar-refractivity contribution in [1.82, 2.24) is 14.6 Å². The second kappa shape index (κ2) is 5.81. The Kier molecular flexibility index (Phi) is 4.44. The summed E-state index contributed by atoms with van der Waals surface area (Å²) in [6.45, 7) is -0.616. The van der Waals surface area contributed by atoms with Crippen LogP contribution in [0.1, 0.15) is 6.23 Å². The molecular formula is C9H14N3O8P. The third-order valence-electron chi connectivity index (χ3n) is 2.99. The molecule has 2 rings (SSSR count). The van der Waals surface area contributed by atoms with Gasteiger partial charge in [-0.3, -0.25) is 14.3 Å². The minimum absolute atomic E-state index is 0.616. The zero-order valence-corrected chi connectivity index (χ0v) is 11.4. The number of hydrogen-bond acceptors (Lipinski definition) is 6. The molecule has 12 heteroatoms. The van der Waals surface area contributed by atoms with Crippen molar-refractivity contribution in [3.05, 3.63) is 33.1 Å². The van der Waals surface area contributed by atoms with Crippen LogP contribution in [0.25, 0.3) is 0 Å². The van der Waals surface area contributed by atoms with E-state index in [9.17, 15) is 19.3 Å². The van der Waals surface area contributed by atoms with E-state index in [-0.39, 0.29) is 0 Å². The summed E-state index contributed by atoms with van der Waals surface area (Å²) in [5.74, 6) is 0. The first-order valence-electron chi connectivity index (χ1n) is 5.82. The molecule has 0 saturated carbocycles. The molecule has 21 heavy (non-hydrogen) atoms. The van der Waals surface area contributed by atoms with Gasteiger partial charge in [0.25, 0.3) is 5.56 Å². The van der Waals surface area contributed by atoms with Crippen molar-refractivity contribution in [2.75, 3.05) is 6.61 Å². The molecule has 1 saturated heterocycles. The molecule has 2 heterocycles. The minimum Gasteiger partial charge on any atom is -0.394 e. The van der Waals surface area contributed by atoms with Crippen molar-refractivity contribution in [3.8, 4) is 0 Å². The van der Waals surface area contributed by atoms with Crippen molar-refractivity contribution in [2.45, 2.75) is 24.5 Å². The van der Waals surface area contributed by atoms with Gasteiger partial charge in [0.15, 0.2) is 6.23 Å². The first-order chi connectivity index (χ1) is 9.73. The van der Waals surface area contributed by atoms with Crippen LogP contribution in [0, 0.1) is 0 Å². The first-order valence-corrected chi connectivity index (χ1v) is 7.43. The van der Waals surface area contributed by atoms with Crippen LogP contribution < -0.4 is 16.3 Å². The average Bonchev–Trinajstić information content (AvgIpc) is 2.65. The van der Waals surface area contributed by atoms with Crippen LogP contribution in [-0.4, -0.2) is 54.4 Å². The normalized spacial score (nSPS) is 29.7. The van der Waals surface area contributed by atoms with E-state index in [2.05, 4.69) is 0 Å². The van der Waals surface area contributed by atoms with Gasteiger partial charge in [0.1, 0.15) is 12.2 Å². The van der Waals surface area contributed by atoms with E-state index in [0.29, 0.717) is 0 Å². The first kappa shape index (κ1) is 16.0. The number of aliphatic hydroxyl groups is 2. The fraction of sp³-hybridized carbons (Fsp3) is 0.556. The number of nitrogens with zero attached hydrogens (tertiary/aromatic N) is 1. The largest absolute Gasteiger partial charge is 0.400 e. The molecule has 0 amide bonds. The molecule has 0 bridgehead atoms. The van der Waals surface area contributed by atoms with E-state index in [1.807, 2.05) is 10.1 Å². The fourth-order valence-corrected chi connectivity index (χ4v) is 2.76. The van der Waals surface area contributed by atoms with E-state index in [4.69, 9.17) is 19.6 Å². The van der Waals surface area contributed by atoms with E-state index in [1.54, 1.807) is 0 Å². The van der Waals surface area contributed by atoms with Crippen LogP contribution in [0.3, 0.4) is 0 Å². The molecule has 1 aromatic heterocycles. The Balaban J connectivity index is 2.41. The van der Waals surface area contributed by atoms with Crippen LogP contribution in [0.15, 0.2) is 21.9 Å². The van der Waals surface area contributed by atoms with Gasteiger partial charge in [-0.25, -0.2) is 14.4 Å². The number of ether oxygens (including phenoxy) is 1. The summed E-state index contributed by atoms with van der Waals surface area (Å²) in [6, 6.07) is -0.343. The standard InChI is InChI=1S/C9H14N3O8P/c13-3-4-7(15)6(11-21(17,18)19)8(20-4)12-2-1-5(14)10-9(12)16/h1-2,4,6-8,13,15H,3H2,(H,10,14,16)(H3,11,17,18,19)/t4-,6-,7-,8-/m1/s1. The van der Waals surface area contributed by atoms with Gasteiger partial charge in [-0.15, -0.1) is 0 Å². The Morgan fingerprint density at radius 3 is 2.62 bits per heavy atom. The van der Waals surface area contributed by atoms with Crippen molar-refractivity contribution in [3.63, 3.8) is 0 Å². The van der Waals surface area contributed by atoms with Crippen molar-refractivity contribution < 1.29 is 29.3 Å². The molecular weight excluding hydrogens is 309 g/mol. The second-order valence-corrected chi connectivity index (χ2v) is 5.80. The zero-order chi connectivity index (χ0) is 15.8. The van der Waals surface area contributed by atoms with Crippen LogP contribution in [-0.2, 0) is 9.30 Å². The monoisotopic (exact) mass is 323 g/mol. The highest BCUT2D eigenvalue weighted by Crippen LogP contribution is 2.37. The highest BCUT2D eigenvalue weighted by atomic mass is 31.2. The molecule has 1 fully saturated rings. The quantitative estimate of drug-likeness (QED) is 0.312. The number of nitrogens with one attached hydrogen (secondary N) is 2. The van der Waals surface area contributed by atoms with Gasteiger partial charge in [-0.05, 0) is 0 Å². The number of H-pyrrole nitrogens is 1. The van der Waals surface area contributed by atoms with Gasteiger partial charge in [0.05, 0.1) is 12.6 Å².